The van der Waals surface area contributed by atoms with Gasteiger partial charge in [0.2, 0.25) is 0 Å². The van der Waals surface area contributed by atoms with Crippen LogP contribution in [0.3, 0.4) is 0 Å². The van der Waals surface area contributed by atoms with Gasteiger partial charge in [0.1, 0.15) is 5.60 Å². The van der Waals surface area contributed by atoms with Crippen LogP contribution in [0.1, 0.15) is 18.1 Å². The summed E-state index contributed by atoms with van der Waals surface area (Å²) in [6.45, 7) is 7.90. The molecule has 0 heterocycles. The zero-order valence-electron chi connectivity index (χ0n) is 15.6. The van der Waals surface area contributed by atoms with Crippen molar-refractivity contribution >= 4 is 28.3 Å². The molecule has 1 atom stereocenters. The van der Waals surface area contributed by atoms with E-state index in [1.807, 2.05) is 12.1 Å². The van der Waals surface area contributed by atoms with Crippen LogP contribution in [0.25, 0.3) is 0 Å². The molecule has 3 nitrogen and oxygen atoms in total. The molecule has 0 saturated carbocycles. The number of halogens is 2. The number of ether oxygens (including phenoxy) is 1. The van der Waals surface area contributed by atoms with Gasteiger partial charge in [-0.25, -0.2) is 0 Å². The molecule has 2 aromatic rings. The van der Waals surface area contributed by atoms with Crippen LogP contribution in [-0.4, -0.2) is 37.6 Å². The minimum atomic E-state index is -0.482. The van der Waals surface area contributed by atoms with Gasteiger partial charge in [0.15, 0.2) is 0 Å². The number of benzene rings is 2. The van der Waals surface area contributed by atoms with E-state index in [4.69, 9.17) is 4.74 Å². The Morgan fingerprint density at radius 3 is 1.85 bits per heavy atom. The molecule has 2 aromatic carbocycles. The highest BCUT2D eigenvalue weighted by Gasteiger charge is 2.40. The van der Waals surface area contributed by atoms with Gasteiger partial charge in [-0.2, -0.15) is 0 Å². The normalized spacial score (nSPS) is 12.0. The van der Waals surface area contributed by atoms with Gasteiger partial charge in [-0.1, -0.05) is 90.1 Å². The Morgan fingerprint density at radius 2 is 1.50 bits per heavy atom. The van der Waals surface area contributed by atoms with Crippen LogP contribution in [0.15, 0.2) is 71.7 Å². The molecule has 2 rings (SSSR count). The van der Waals surface area contributed by atoms with E-state index in [-0.39, 0.29) is 23.8 Å². The number of likely N-dealkylation sites (N-methyl/N-ethyl adjacent to an activating group) is 1. The van der Waals surface area contributed by atoms with Crippen molar-refractivity contribution in [3.05, 3.63) is 82.9 Å². The van der Waals surface area contributed by atoms with Crippen LogP contribution < -0.4 is 0 Å². The summed E-state index contributed by atoms with van der Waals surface area (Å²) in [6, 6.07) is 21.0. The van der Waals surface area contributed by atoms with E-state index in [2.05, 4.69) is 89.9 Å². The molecule has 144 valence electrons. The molecule has 0 radical (unpaired) electrons. The molecule has 0 saturated heterocycles. The molecule has 0 fully saturated rings. The Labute approximate surface area is 171 Å². The summed E-state index contributed by atoms with van der Waals surface area (Å²) in [5.41, 5.74) is 1.87. The summed E-state index contributed by atoms with van der Waals surface area (Å²) in [5.74, 6) is 0.254. The minimum absolute atomic E-state index is 0. The second kappa shape index (κ2) is 11.5. The van der Waals surface area contributed by atoms with Gasteiger partial charge in [0.25, 0.3) is 0 Å². The fourth-order valence-electron chi connectivity index (χ4n) is 3.50. The van der Waals surface area contributed by atoms with E-state index in [9.17, 15) is 0 Å². The first-order chi connectivity index (χ1) is 11.5. The SMILES string of the molecule is C=C(Br)CN(C)CC(C)C(OC)(c1ccccc1)c1ccccc1.Cl.O. The fourth-order valence-corrected chi connectivity index (χ4v) is 3.93. The fraction of sp³-hybridized carbons (Fsp3) is 0.333. The lowest BCUT2D eigenvalue weighted by Crippen LogP contribution is -2.42. The summed E-state index contributed by atoms with van der Waals surface area (Å²) >= 11 is 3.45. The molecule has 0 aliphatic carbocycles. The highest BCUT2D eigenvalue weighted by Crippen LogP contribution is 2.40. The molecule has 2 N–H and O–H groups in total. The largest absolute Gasteiger partial charge is 0.412 e. The minimum Gasteiger partial charge on any atom is -0.412 e. The van der Waals surface area contributed by atoms with Crippen molar-refractivity contribution in [3.63, 3.8) is 0 Å². The number of nitrogens with zero attached hydrogens (tertiary/aromatic N) is 1. The quantitative estimate of drug-likeness (QED) is 0.597. The van der Waals surface area contributed by atoms with Crippen molar-refractivity contribution in [2.45, 2.75) is 12.5 Å². The molecule has 0 spiro atoms. The molecule has 0 bridgehead atoms. The summed E-state index contributed by atoms with van der Waals surface area (Å²) in [5, 5.41) is 0. The summed E-state index contributed by atoms with van der Waals surface area (Å²) in [6.07, 6.45) is 0. The third-order valence-electron chi connectivity index (χ3n) is 4.45. The Bertz CT molecular complexity index is 612. The molecule has 0 amide bonds. The molecule has 0 aliphatic heterocycles. The first-order valence-corrected chi connectivity index (χ1v) is 8.98. The Morgan fingerprint density at radius 1 is 1.08 bits per heavy atom. The summed E-state index contributed by atoms with van der Waals surface area (Å²) in [7, 11) is 3.92. The van der Waals surface area contributed by atoms with Crippen molar-refractivity contribution in [1.82, 2.24) is 4.90 Å². The van der Waals surface area contributed by atoms with Gasteiger partial charge >= 0.3 is 0 Å². The van der Waals surface area contributed by atoms with Crippen LogP contribution in [-0.2, 0) is 10.3 Å². The first kappa shape index (κ1) is 24.8. The second-order valence-electron chi connectivity index (χ2n) is 6.29. The monoisotopic (exact) mass is 441 g/mol. The Hall–Kier alpha value is -1.17. The van der Waals surface area contributed by atoms with Gasteiger partial charge in [-0.15, -0.1) is 12.4 Å². The average molecular weight is 443 g/mol. The van der Waals surface area contributed by atoms with E-state index in [1.165, 1.54) is 11.1 Å². The second-order valence-corrected chi connectivity index (χ2v) is 7.41. The van der Waals surface area contributed by atoms with Gasteiger partial charge in [0, 0.05) is 30.6 Å². The summed E-state index contributed by atoms with van der Waals surface area (Å²) < 4.78 is 7.20. The lowest BCUT2D eigenvalue weighted by atomic mass is 9.76. The Kier molecular flexibility index (Phi) is 11.0. The van der Waals surface area contributed by atoms with E-state index < -0.39 is 5.60 Å². The van der Waals surface area contributed by atoms with Crippen molar-refractivity contribution in [1.29, 1.82) is 0 Å². The third kappa shape index (κ3) is 5.66. The van der Waals surface area contributed by atoms with Crippen LogP contribution in [0.2, 0.25) is 0 Å². The van der Waals surface area contributed by atoms with Crippen molar-refractivity contribution < 1.29 is 10.2 Å². The maximum atomic E-state index is 6.22. The van der Waals surface area contributed by atoms with E-state index in [0.717, 1.165) is 17.6 Å². The number of methoxy groups -OCH3 is 1. The third-order valence-corrected chi connectivity index (χ3v) is 4.70. The molecular formula is C21H29BrClNO2. The maximum absolute atomic E-state index is 6.22. The van der Waals surface area contributed by atoms with E-state index in [1.54, 1.807) is 7.11 Å². The van der Waals surface area contributed by atoms with E-state index in [0.29, 0.717) is 0 Å². The predicted octanol–water partition coefficient (Wildman–Crippen LogP) is 4.65. The molecule has 0 aliphatic rings. The standard InChI is InChI=1S/C21H26BrNO.ClH.H2O/c1-17(15-23(3)16-18(2)22)21(24-4,19-11-7-5-8-12-19)20-13-9-6-10-14-20;;/h5-14,17H,2,15-16H2,1,3-4H3;1H;1H2. The van der Waals surface area contributed by atoms with Gasteiger partial charge < -0.3 is 15.1 Å². The Balaban J connectivity index is 0.00000312. The summed E-state index contributed by atoms with van der Waals surface area (Å²) in [4.78, 5) is 2.27. The van der Waals surface area contributed by atoms with E-state index >= 15 is 0 Å². The number of rotatable bonds is 8. The lowest BCUT2D eigenvalue weighted by molar-refractivity contribution is -0.0315. The highest BCUT2D eigenvalue weighted by atomic mass is 79.9. The molecule has 26 heavy (non-hydrogen) atoms. The lowest BCUT2D eigenvalue weighted by Gasteiger charge is -2.40. The number of hydrogen-bond donors (Lipinski definition) is 0. The topological polar surface area (TPSA) is 44.0 Å². The van der Waals surface area contributed by atoms with Crippen LogP contribution in [0.5, 0.6) is 0 Å². The highest BCUT2D eigenvalue weighted by molar-refractivity contribution is 9.11. The predicted molar refractivity (Wildman–Crippen MR) is 116 cm³/mol. The zero-order valence-corrected chi connectivity index (χ0v) is 18.0. The number of hydrogen-bond acceptors (Lipinski definition) is 2. The molecule has 5 heteroatoms. The molecule has 0 aromatic heterocycles. The van der Waals surface area contributed by atoms with Gasteiger partial charge in [0.05, 0.1) is 0 Å². The maximum Gasteiger partial charge on any atom is 0.121 e. The van der Waals surface area contributed by atoms with Crippen molar-refractivity contribution in [2.75, 3.05) is 27.2 Å². The van der Waals surface area contributed by atoms with Crippen molar-refractivity contribution in [3.8, 4) is 0 Å². The van der Waals surface area contributed by atoms with Crippen LogP contribution in [0.4, 0.5) is 0 Å². The average Bonchev–Trinajstić information content (AvgIpc) is 2.57. The smallest absolute Gasteiger partial charge is 0.121 e. The van der Waals surface area contributed by atoms with Crippen LogP contribution >= 0.6 is 28.3 Å². The van der Waals surface area contributed by atoms with Crippen LogP contribution in [0, 0.1) is 5.92 Å². The first-order valence-electron chi connectivity index (χ1n) is 8.18. The van der Waals surface area contributed by atoms with Crippen molar-refractivity contribution in [2.24, 2.45) is 5.92 Å². The van der Waals surface area contributed by atoms with Gasteiger partial charge in [-0.3, -0.25) is 0 Å². The molecule has 1 unspecified atom stereocenters. The molecular weight excluding hydrogens is 414 g/mol. The zero-order chi connectivity index (χ0) is 17.6. The van der Waals surface area contributed by atoms with Gasteiger partial charge in [-0.05, 0) is 18.2 Å².